The number of fused-ring (bicyclic) bond motifs is 2. The van der Waals surface area contributed by atoms with Crippen molar-refractivity contribution in [3.05, 3.63) is 12.2 Å². The van der Waals surface area contributed by atoms with Gasteiger partial charge in [0, 0.05) is 24.2 Å². The molecule has 1 saturated carbocycles. The van der Waals surface area contributed by atoms with Gasteiger partial charge in [0.15, 0.2) is 0 Å². The first kappa shape index (κ1) is 21.9. The molecule has 2 rings (SSSR count). The van der Waals surface area contributed by atoms with Crippen molar-refractivity contribution in [2.75, 3.05) is 0 Å². The molecule has 2 N–H and O–H groups in total. The van der Waals surface area contributed by atoms with Crippen molar-refractivity contribution < 1.29 is 9.59 Å². The standard InChI is InChI=1S/C21H38N4O2/c1-12(2)24(13(3)4)22-20(26)18-16-9-10-17(11-16)19(18)21(27)23-25(14(5)6)15(7)8/h9-10,12-19H,11H2,1-8H3,(H,22,26)(H,23,27)/t16-,17-,18-,19+/m0/s1. The molecule has 154 valence electrons. The van der Waals surface area contributed by atoms with Crippen LogP contribution < -0.4 is 10.9 Å². The summed E-state index contributed by atoms with van der Waals surface area (Å²) in [6.45, 7) is 16.5. The number of hydrogen-bond donors (Lipinski definition) is 2. The van der Waals surface area contributed by atoms with Gasteiger partial charge < -0.3 is 0 Å². The minimum absolute atomic E-state index is 0.0324. The monoisotopic (exact) mass is 378 g/mol. The molecular weight excluding hydrogens is 340 g/mol. The molecule has 0 aromatic carbocycles. The molecule has 0 saturated heterocycles. The average molecular weight is 379 g/mol. The first-order valence-electron chi connectivity index (χ1n) is 10.4. The summed E-state index contributed by atoms with van der Waals surface area (Å²) in [6, 6.07) is 0.806. The van der Waals surface area contributed by atoms with Crippen LogP contribution in [0.2, 0.25) is 0 Å². The molecule has 2 aliphatic carbocycles. The van der Waals surface area contributed by atoms with E-state index < -0.39 is 0 Å². The van der Waals surface area contributed by atoms with Crippen molar-refractivity contribution in [2.45, 2.75) is 86.0 Å². The summed E-state index contributed by atoms with van der Waals surface area (Å²) >= 11 is 0. The minimum Gasteiger partial charge on any atom is -0.288 e. The van der Waals surface area contributed by atoms with Crippen LogP contribution in [0.3, 0.4) is 0 Å². The Kier molecular flexibility index (Phi) is 7.09. The highest BCUT2D eigenvalue weighted by molar-refractivity contribution is 5.89. The van der Waals surface area contributed by atoms with Crippen molar-refractivity contribution in [3.63, 3.8) is 0 Å². The zero-order valence-corrected chi connectivity index (χ0v) is 18.2. The number of carbonyl (C=O) groups is 2. The van der Waals surface area contributed by atoms with E-state index in [1.54, 1.807) is 0 Å². The van der Waals surface area contributed by atoms with Crippen LogP contribution in [0.1, 0.15) is 61.8 Å². The van der Waals surface area contributed by atoms with Crippen LogP contribution >= 0.6 is 0 Å². The molecule has 27 heavy (non-hydrogen) atoms. The molecule has 2 aliphatic rings. The fourth-order valence-corrected chi connectivity index (χ4v) is 4.65. The van der Waals surface area contributed by atoms with Crippen LogP contribution in [-0.2, 0) is 9.59 Å². The zero-order chi connectivity index (χ0) is 20.5. The van der Waals surface area contributed by atoms with Gasteiger partial charge in [-0.1, -0.05) is 12.2 Å². The molecule has 4 atom stereocenters. The topological polar surface area (TPSA) is 64.7 Å². The highest BCUT2D eigenvalue weighted by Crippen LogP contribution is 2.48. The highest BCUT2D eigenvalue weighted by atomic mass is 16.2. The fraction of sp³-hybridized carbons (Fsp3) is 0.810. The quantitative estimate of drug-likeness (QED) is 0.503. The average Bonchev–Trinajstić information content (AvgIpc) is 3.16. The molecule has 2 amide bonds. The van der Waals surface area contributed by atoms with Gasteiger partial charge in [-0.2, -0.15) is 0 Å². The number of nitrogens with zero attached hydrogens (tertiary/aromatic N) is 2. The van der Waals surface area contributed by atoms with E-state index in [4.69, 9.17) is 0 Å². The van der Waals surface area contributed by atoms with E-state index in [9.17, 15) is 9.59 Å². The molecule has 0 heterocycles. The maximum Gasteiger partial charge on any atom is 0.238 e. The molecule has 1 fully saturated rings. The molecule has 0 aromatic heterocycles. The lowest BCUT2D eigenvalue weighted by Crippen LogP contribution is -2.56. The lowest BCUT2D eigenvalue weighted by atomic mass is 9.82. The van der Waals surface area contributed by atoms with Crippen molar-refractivity contribution in [2.24, 2.45) is 23.7 Å². The van der Waals surface area contributed by atoms with Gasteiger partial charge >= 0.3 is 0 Å². The summed E-state index contributed by atoms with van der Waals surface area (Å²) in [4.78, 5) is 26.3. The molecule has 0 aliphatic heterocycles. The van der Waals surface area contributed by atoms with Crippen molar-refractivity contribution in [1.29, 1.82) is 0 Å². The number of amides is 2. The number of rotatable bonds is 8. The van der Waals surface area contributed by atoms with Crippen LogP contribution in [-0.4, -0.2) is 46.0 Å². The first-order valence-corrected chi connectivity index (χ1v) is 10.4. The van der Waals surface area contributed by atoms with E-state index in [2.05, 4.69) is 78.4 Å². The Bertz CT molecular complexity index is 507. The van der Waals surface area contributed by atoms with Crippen LogP contribution in [0, 0.1) is 23.7 Å². The van der Waals surface area contributed by atoms with Crippen LogP contribution in [0.15, 0.2) is 12.2 Å². The van der Waals surface area contributed by atoms with Gasteiger partial charge in [0.1, 0.15) is 0 Å². The molecular formula is C21H38N4O2. The summed E-state index contributed by atoms with van der Waals surface area (Å²) in [5, 5.41) is 3.95. The normalized spacial score (nSPS) is 27.0. The summed E-state index contributed by atoms with van der Waals surface area (Å²) in [6.07, 6.45) is 5.13. The third-order valence-corrected chi connectivity index (χ3v) is 5.77. The molecule has 0 spiro atoms. The van der Waals surface area contributed by atoms with E-state index in [1.807, 2.05) is 10.0 Å². The van der Waals surface area contributed by atoms with E-state index >= 15 is 0 Å². The third kappa shape index (κ3) is 4.72. The molecule has 6 heteroatoms. The van der Waals surface area contributed by atoms with E-state index in [0.717, 1.165) is 6.42 Å². The molecule has 6 nitrogen and oxygen atoms in total. The lowest BCUT2D eigenvalue weighted by Gasteiger charge is -2.36. The number of hydrogen-bond acceptors (Lipinski definition) is 4. The van der Waals surface area contributed by atoms with Crippen LogP contribution in [0.25, 0.3) is 0 Å². The van der Waals surface area contributed by atoms with Gasteiger partial charge in [-0.25, -0.2) is 10.0 Å². The van der Waals surface area contributed by atoms with E-state index in [-0.39, 0.29) is 59.7 Å². The Labute approximate surface area is 164 Å². The smallest absolute Gasteiger partial charge is 0.238 e. The Morgan fingerprint density at radius 2 is 1.00 bits per heavy atom. The van der Waals surface area contributed by atoms with Crippen molar-refractivity contribution >= 4 is 11.8 Å². The van der Waals surface area contributed by atoms with Crippen molar-refractivity contribution in [1.82, 2.24) is 20.9 Å². The van der Waals surface area contributed by atoms with Gasteiger partial charge in [0.05, 0.1) is 11.8 Å². The van der Waals surface area contributed by atoms with E-state index in [1.165, 1.54) is 0 Å². The summed E-state index contributed by atoms with van der Waals surface area (Å²) in [7, 11) is 0. The number of hydrazine groups is 2. The second-order valence-electron chi connectivity index (χ2n) is 9.14. The molecule has 0 radical (unpaired) electrons. The third-order valence-electron chi connectivity index (χ3n) is 5.77. The fourth-order valence-electron chi connectivity index (χ4n) is 4.65. The summed E-state index contributed by atoms with van der Waals surface area (Å²) < 4.78 is 0. The molecule has 0 aromatic rings. The minimum atomic E-state index is -0.304. The molecule has 2 bridgehead atoms. The number of allylic oxidation sites excluding steroid dienone is 2. The first-order chi connectivity index (χ1) is 12.5. The molecule has 0 unspecified atom stereocenters. The summed E-state index contributed by atoms with van der Waals surface area (Å²) in [5.74, 6) is -0.371. The Hall–Kier alpha value is -1.40. The Morgan fingerprint density at radius 3 is 1.26 bits per heavy atom. The predicted octanol–water partition coefficient (Wildman–Crippen LogP) is 2.72. The number of nitrogens with one attached hydrogen (secondary N) is 2. The second kappa shape index (κ2) is 8.74. The second-order valence-corrected chi connectivity index (χ2v) is 9.14. The number of carbonyl (C=O) groups excluding carboxylic acids is 2. The van der Waals surface area contributed by atoms with Crippen LogP contribution in [0.4, 0.5) is 0 Å². The summed E-state index contributed by atoms with van der Waals surface area (Å²) in [5.41, 5.74) is 6.19. The Morgan fingerprint density at radius 1 is 0.704 bits per heavy atom. The Balaban J connectivity index is 2.16. The van der Waals surface area contributed by atoms with Gasteiger partial charge in [0.2, 0.25) is 11.8 Å². The van der Waals surface area contributed by atoms with Gasteiger partial charge in [-0.15, -0.1) is 0 Å². The lowest BCUT2D eigenvalue weighted by molar-refractivity contribution is -0.142. The van der Waals surface area contributed by atoms with Crippen LogP contribution in [0.5, 0.6) is 0 Å². The zero-order valence-electron chi connectivity index (χ0n) is 18.2. The maximum absolute atomic E-state index is 13.1. The van der Waals surface area contributed by atoms with Gasteiger partial charge in [-0.3, -0.25) is 20.4 Å². The van der Waals surface area contributed by atoms with Gasteiger partial charge in [-0.05, 0) is 73.6 Å². The van der Waals surface area contributed by atoms with E-state index in [0.29, 0.717) is 0 Å². The predicted molar refractivity (Wildman–Crippen MR) is 108 cm³/mol. The highest BCUT2D eigenvalue weighted by Gasteiger charge is 2.52. The van der Waals surface area contributed by atoms with Crippen molar-refractivity contribution in [3.8, 4) is 0 Å². The SMILES string of the molecule is CC(C)N(NC(=O)[C@@H]1[C@H](C(=O)NN(C(C)C)C(C)C)[C@H]2C=C[C@H]1C2)C(C)C. The van der Waals surface area contributed by atoms with Gasteiger partial charge in [0.25, 0.3) is 0 Å². The maximum atomic E-state index is 13.1. The largest absolute Gasteiger partial charge is 0.288 e.